The molecule has 2 N–H and O–H groups in total. The van der Waals surface area contributed by atoms with E-state index in [1.807, 2.05) is 13.2 Å². The van der Waals surface area contributed by atoms with Gasteiger partial charge in [0.05, 0.1) is 6.61 Å². The van der Waals surface area contributed by atoms with E-state index in [0.29, 0.717) is 30.3 Å². The molecule has 1 atom stereocenters. The van der Waals surface area contributed by atoms with Crippen LogP contribution in [0, 0.1) is 0 Å². The molecule has 0 aliphatic carbocycles. The highest BCUT2D eigenvalue weighted by atomic mass is 32.2. The first kappa shape index (κ1) is 18.2. The Kier molecular flexibility index (Phi) is 8.21. The number of carboxylic acid groups (broad SMARTS) is 1. The molecular weight excluding hydrogens is 306 g/mol. The van der Waals surface area contributed by atoms with Crippen molar-refractivity contribution in [3.05, 3.63) is 24.3 Å². The molecule has 1 aromatic carbocycles. The summed E-state index contributed by atoms with van der Waals surface area (Å²) in [5.41, 5.74) is 0. The highest BCUT2D eigenvalue weighted by Crippen LogP contribution is 2.26. The van der Waals surface area contributed by atoms with Crippen molar-refractivity contribution >= 4 is 23.6 Å². The predicted octanol–water partition coefficient (Wildman–Crippen LogP) is 1.79. The molecule has 0 radical (unpaired) electrons. The van der Waals surface area contributed by atoms with E-state index < -0.39 is 17.9 Å². The summed E-state index contributed by atoms with van der Waals surface area (Å²) in [4.78, 5) is 22.9. The van der Waals surface area contributed by atoms with Crippen LogP contribution >= 0.6 is 11.8 Å². The van der Waals surface area contributed by atoms with Crippen LogP contribution in [0.25, 0.3) is 0 Å². The fourth-order valence-corrected chi connectivity index (χ4v) is 2.19. The van der Waals surface area contributed by atoms with Crippen LogP contribution in [0.2, 0.25) is 0 Å². The molecule has 0 unspecified atom stereocenters. The second-order valence-electron chi connectivity index (χ2n) is 4.41. The lowest BCUT2D eigenvalue weighted by molar-refractivity contribution is -0.142. The third-order valence-corrected chi connectivity index (χ3v) is 3.40. The van der Waals surface area contributed by atoms with Crippen LogP contribution in [0.1, 0.15) is 13.3 Å². The molecule has 0 aromatic heterocycles. The molecule has 1 aromatic rings. The maximum atomic E-state index is 11.8. The number of thioether (sulfide) groups is 1. The molecule has 0 aliphatic heterocycles. The lowest BCUT2D eigenvalue weighted by atomic mass is 10.2. The Hall–Kier alpha value is -1.89. The van der Waals surface area contributed by atoms with Gasteiger partial charge in [-0.05, 0) is 37.5 Å². The van der Waals surface area contributed by atoms with Crippen molar-refractivity contribution in [3.63, 3.8) is 0 Å². The summed E-state index contributed by atoms with van der Waals surface area (Å²) in [7, 11) is 0. The topological polar surface area (TPSA) is 84.9 Å². The molecular formula is C15H21NO5S. The third-order valence-electron chi connectivity index (χ3n) is 2.75. The van der Waals surface area contributed by atoms with Gasteiger partial charge < -0.3 is 19.9 Å². The summed E-state index contributed by atoms with van der Waals surface area (Å²) >= 11 is 1.53. The maximum Gasteiger partial charge on any atom is 0.326 e. The van der Waals surface area contributed by atoms with E-state index in [1.165, 1.54) is 11.8 Å². The van der Waals surface area contributed by atoms with Gasteiger partial charge in [0.2, 0.25) is 0 Å². The van der Waals surface area contributed by atoms with Crippen LogP contribution in [0.15, 0.2) is 24.3 Å². The van der Waals surface area contributed by atoms with Gasteiger partial charge in [0, 0.05) is 0 Å². The Bertz CT molecular complexity index is 495. The normalized spacial score (nSPS) is 11.5. The van der Waals surface area contributed by atoms with Crippen molar-refractivity contribution in [3.8, 4) is 11.5 Å². The minimum atomic E-state index is -1.04. The van der Waals surface area contributed by atoms with E-state index in [0.717, 1.165) is 0 Å². The zero-order valence-electron chi connectivity index (χ0n) is 12.7. The summed E-state index contributed by atoms with van der Waals surface area (Å²) in [6.07, 6.45) is 2.26. The number of benzene rings is 1. The quantitative estimate of drug-likeness (QED) is 0.681. The van der Waals surface area contributed by atoms with Crippen LogP contribution in [-0.4, -0.2) is 48.2 Å². The van der Waals surface area contributed by atoms with Gasteiger partial charge in [-0.25, -0.2) is 4.79 Å². The molecule has 7 heteroatoms. The van der Waals surface area contributed by atoms with Crippen molar-refractivity contribution in [1.29, 1.82) is 0 Å². The molecule has 1 rings (SSSR count). The van der Waals surface area contributed by atoms with E-state index in [-0.39, 0.29) is 6.61 Å². The van der Waals surface area contributed by atoms with Crippen molar-refractivity contribution < 1.29 is 24.2 Å². The Morgan fingerprint density at radius 1 is 1.27 bits per heavy atom. The van der Waals surface area contributed by atoms with Crippen molar-refractivity contribution in [1.82, 2.24) is 5.32 Å². The maximum absolute atomic E-state index is 11.8. The van der Waals surface area contributed by atoms with Gasteiger partial charge in [0.15, 0.2) is 18.1 Å². The van der Waals surface area contributed by atoms with Crippen molar-refractivity contribution in [2.24, 2.45) is 0 Å². The zero-order chi connectivity index (χ0) is 16.4. The van der Waals surface area contributed by atoms with Gasteiger partial charge in [-0.2, -0.15) is 11.8 Å². The summed E-state index contributed by atoms with van der Waals surface area (Å²) < 4.78 is 10.8. The molecule has 1 amide bonds. The number of rotatable bonds is 10. The van der Waals surface area contributed by atoms with Gasteiger partial charge >= 0.3 is 5.97 Å². The van der Waals surface area contributed by atoms with Crippen molar-refractivity contribution in [2.75, 3.05) is 25.2 Å². The summed E-state index contributed by atoms with van der Waals surface area (Å²) in [5, 5.41) is 11.5. The molecule has 0 saturated carbocycles. The average molecular weight is 327 g/mol. The first-order valence-electron chi connectivity index (χ1n) is 6.94. The summed E-state index contributed by atoms with van der Waals surface area (Å²) in [5.74, 6) is 0.146. The number of nitrogens with one attached hydrogen (secondary N) is 1. The van der Waals surface area contributed by atoms with Crippen LogP contribution in [0.4, 0.5) is 0 Å². The monoisotopic (exact) mass is 327 g/mol. The standard InChI is InChI=1S/C15H21NO5S/c1-3-20-12-6-4-5-7-13(12)21-10-14(17)16-11(15(18)19)8-9-22-2/h4-7,11H,3,8-10H2,1-2H3,(H,16,17)(H,18,19)/t11-/m1/s1. The van der Waals surface area contributed by atoms with Crippen LogP contribution in [0.5, 0.6) is 11.5 Å². The fraction of sp³-hybridized carbons (Fsp3) is 0.467. The van der Waals surface area contributed by atoms with E-state index in [9.17, 15) is 9.59 Å². The minimum Gasteiger partial charge on any atom is -0.490 e. The van der Waals surface area contributed by atoms with Crippen molar-refractivity contribution in [2.45, 2.75) is 19.4 Å². The fourth-order valence-electron chi connectivity index (χ4n) is 1.72. The first-order chi connectivity index (χ1) is 10.6. The predicted molar refractivity (Wildman–Crippen MR) is 85.7 cm³/mol. The molecule has 0 aliphatic rings. The Balaban J connectivity index is 2.53. The number of carboxylic acids is 1. The van der Waals surface area contributed by atoms with E-state index in [2.05, 4.69) is 5.32 Å². The molecule has 0 bridgehead atoms. The van der Waals surface area contributed by atoms with E-state index in [4.69, 9.17) is 14.6 Å². The lowest BCUT2D eigenvalue weighted by Crippen LogP contribution is -2.43. The van der Waals surface area contributed by atoms with E-state index >= 15 is 0 Å². The number of aliphatic carboxylic acids is 1. The Morgan fingerprint density at radius 3 is 2.45 bits per heavy atom. The number of carbonyl (C=O) groups excluding carboxylic acids is 1. The molecule has 6 nitrogen and oxygen atoms in total. The number of carbonyl (C=O) groups is 2. The highest BCUT2D eigenvalue weighted by molar-refractivity contribution is 7.98. The minimum absolute atomic E-state index is 0.257. The molecule has 122 valence electrons. The third kappa shape index (κ3) is 6.26. The number of amides is 1. The average Bonchev–Trinajstić information content (AvgIpc) is 2.50. The molecule has 22 heavy (non-hydrogen) atoms. The van der Waals surface area contributed by atoms with Gasteiger partial charge in [-0.3, -0.25) is 4.79 Å². The smallest absolute Gasteiger partial charge is 0.326 e. The SMILES string of the molecule is CCOc1ccccc1OCC(=O)N[C@H](CCSC)C(=O)O. The summed E-state index contributed by atoms with van der Waals surface area (Å²) in [6.45, 7) is 2.09. The second-order valence-corrected chi connectivity index (χ2v) is 5.39. The number of hydrogen-bond acceptors (Lipinski definition) is 5. The Labute approximate surface area is 134 Å². The molecule has 0 fully saturated rings. The van der Waals surface area contributed by atoms with Gasteiger partial charge in [0.1, 0.15) is 6.04 Å². The lowest BCUT2D eigenvalue weighted by Gasteiger charge is -2.15. The second kappa shape index (κ2) is 9.94. The first-order valence-corrected chi connectivity index (χ1v) is 8.33. The zero-order valence-corrected chi connectivity index (χ0v) is 13.5. The highest BCUT2D eigenvalue weighted by Gasteiger charge is 2.19. The molecule has 0 saturated heterocycles. The van der Waals surface area contributed by atoms with Gasteiger partial charge in [-0.15, -0.1) is 0 Å². The molecule has 0 heterocycles. The van der Waals surface area contributed by atoms with Crippen LogP contribution in [-0.2, 0) is 9.59 Å². The number of hydrogen-bond donors (Lipinski definition) is 2. The Morgan fingerprint density at radius 2 is 1.91 bits per heavy atom. The number of para-hydroxylation sites is 2. The molecule has 0 spiro atoms. The largest absolute Gasteiger partial charge is 0.490 e. The van der Waals surface area contributed by atoms with E-state index in [1.54, 1.807) is 24.3 Å². The number of ether oxygens (including phenoxy) is 2. The summed E-state index contributed by atoms with van der Waals surface area (Å²) in [6, 6.07) is 6.12. The van der Waals surface area contributed by atoms with Crippen LogP contribution < -0.4 is 14.8 Å². The van der Waals surface area contributed by atoms with Gasteiger partial charge in [0.25, 0.3) is 5.91 Å². The van der Waals surface area contributed by atoms with Crippen LogP contribution in [0.3, 0.4) is 0 Å². The van der Waals surface area contributed by atoms with Gasteiger partial charge in [-0.1, -0.05) is 12.1 Å².